The van der Waals surface area contributed by atoms with E-state index in [-0.39, 0.29) is 11.9 Å². The first-order valence-electron chi connectivity index (χ1n) is 8.35. The molecule has 0 aliphatic carbocycles. The standard InChI is InChI=1S/C20H18ClN3O/c21-16-8-5-15(6-9-16)7-10-20(25)23-12-11-17(13-23)24-14-22-18-3-1-2-4-19(18)24/h1-10,14,17H,11-13H2/b10-7+. The van der Waals surface area contributed by atoms with E-state index < -0.39 is 0 Å². The monoisotopic (exact) mass is 351 g/mol. The number of nitrogens with zero attached hydrogens (tertiary/aromatic N) is 3. The van der Waals surface area contributed by atoms with Gasteiger partial charge in [-0.3, -0.25) is 4.79 Å². The Hall–Kier alpha value is -2.59. The lowest BCUT2D eigenvalue weighted by atomic mass is 10.2. The Bertz CT molecular complexity index is 930. The second kappa shape index (κ2) is 6.73. The van der Waals surface area contributed by atoms with Gasteiger partial charge in [0, 0.05) is 24.2 Å². The van der Waals surface area contributed by atoms with E-state index in [2.05, 4.69) is 15.6 Å². The Morgan fingerprint density at radius 1 is 1.16 bits per heavy atom. The van der Waals surface area contributed by atoms with E-state index in [4.69, 9.17) is 11.6 Å². The Balaban J connectivity index is 1.45. The van der Waals surface area contributed by atoms with Crippen LogP contribution in [0.15, 0.2) is 60.9 Å². The van der Waals surface area contributed by atoms with E-state index in [0.29, 0.717) is 11.6 Å². The summed E-state index contributed by atoms with van der Waals surface area (Å²) in [6, 6.07) is 15.8. The van der Waals surface area contributed by atoms with E-state index >= 15 is 0 Å². The van der Waals surface area contributed by atoms with Crippen molar-refractivity contribution < 1.29 is 4.79 Å². The molecule has 1 unspecified atom stereocenters. The van der Waals surface area contributed by atoms with Crippen molar-refractivity contribution in [3.05, 3.63) is 71.5 Å². The summed E-state index contributed by atoms with van der Waals surface area (Å²) in [5.74, 6) is 0.0434. The second-order valence-electron chi connectivity index (χ2n) is 6.25. The number of rotatable bonds is 3. The zero-order valence-corrected chi connectivity index (χ0v) is 14.4. The average Bonchev–Trinajstić information content (AvgIpc) is 3.27. The fraction of sp³-hybridized carbons (Fsp3) is 0.200. The first kappa shape index (κ1) is 15.9. The van der Waals surface area contributed by atoms with Gasteiger partial charge < -0.3 is 9.47 Å². The highest BCUT2D eigenvalue weighted by molar-refractivity contribution is 6.30. The van der Waals surface area contributed by atoms with Crippen LogP contribution in [0, 0.1) is 0 Å². The van der Waals surface area contributed by atoms with Crippen LogP contribution >= 0.6 is 11.6 Å². The van der Waals surface area contributed by atoms with Crippen LogP contribution in [0.5, 0.6) is 0 Å². The summed E-state index contributed by atoms with van der Waals surface area (Å²) in [5.41, 5.74) is 3.09. The van der Waals surface area contributed by atoms with E-state index in [0.717, 1.165) is 29.6 Å². The van der Waals surface area contributed by atoms with Crippen LogP contribution in [0.3, 0.4) is 0 Å². The van der Waals surface area contributed by atoms with Crippen molar-refractivity contribution in [2.75, 3.05) is 13.1 Å². The summed E-state index contributed by atoms with van der Waals surface area (Å²) < 4.78 is 2.19. The number of likely N-dealkylation sites (tertiary alicyclic amines) is 1. The molecule has 3 aromatic rings. The van der Waals surface area contributed by atoms with E-state index in [1.807, 2.05) is 59.8 Å². The number of hydrogen-bond acceptors (Lipinski definition) is 2. The predicted octanol–water partition coefficient (Wildman–Crippen LogP) is 4.18. The molecule has 0 N–H and O–H groups in total. The van der Waals surface area contributed by atoms with Gasteiger partial charge in [0.2, 0.25) is 5.91 Å². The number of aromatic nitrogens is 2. The Labute approximate surface area is 151 Å². The molecular weight excluding hydrogens is 334 g/mol. The lowest BCUT2D eigenvalue weighted by Crippen LogP contribution is -2.27. The summed E-state index contributed by atoms with van der Waals surface area (Å²) in [7, 11) is 0. The number of carbonyl (C=O) groups excluding carboxylic acids is 1. The molecule has 25 heavy (non-hydrogen) atoms. The third-order valence-electron chi connectivity index (χ3n) is 4.64. The summed E-state index contributed by atoms with van der Waals surface area (Å²) in [5, 5.41) is 0.693. The highest BCUT2D eigenvalue weighted by Crippen LogP contribution is 2.26. The van der Waals surface area contributed by atoms with Crippen molar-refractivity contribution in [2.45, 2.75) is 12.5 Å². The molecule has 0 spiro atoms. The fourth-order valence-electron chi connectivity index (χ4n) is 3.29. The van der Waals surface area contributed by atoms with E-state index in [9.17, 15) is 4.79 Å². The lowest BCUT2D eigenvalue weighted by molar-refractivity contribution is -0.125. The van der Waals surface area contributed by atoms with Gasteiger partial charge in [0.05, 0.1) is 23.4 Å². The van der Waals surface area contributed by atoms with Gasteiger partial charge in [0.15, 0.2) is 0 Å². The van der Waals surface area contributed by atoms with Gasteiger partial charge in [0.1, 0.15) is 0 Å². The molecule has 2 aromatic carbocycles. The number of fused-ring (bicyclic) bond motifs is 1. The quantitative estimate of drug-likeness (QED) is 0.664. The first-order valence-corrected chi connectivity index (χ1v) is 8.72. The smallest absolute Gasteiger partial charge is 0.246 e. The molecule has 1 atom stereocenters. The maximum Gasteiger partial charge on any atom is 0.246 e. The van der Waals surface area contributed by atoms with Crippen LogP contribution in [0.2, 0.25) is 5.02 Å². The van der Waals surface area contributed by atoms with Crippen molar-refractivity contribution >= 4 is 34.6 Å². The SMILES string of the molecule is O=C(/C=C/c1ccc(Cl)cc1)N1CCC(n2cnc3ccccc32)C1. The van der Waals surface area contributed by atoms with Crippen LogP contribution in [0.1, 0.15) is 18.0 Å². The number of halogens is 1. The number of imidazole rings is 1. The van der Waals surface area contributed by atoms with Crippen molar-refractivity contribution in [3.63, 3.8) is 0 Å². The maximum absolute atomic E-state index is 12.5. The first-order chi connectivity index (χ1) is 12.2. The summed E-state index contributed by atoms with van der Waals surface area (Å²) in [4.78, 5) is 18.8. The fourth-order valence-corrected chi connectivity index (χ4v) is 3.41. The third kappa shape index (κ3) is 3.30. The van der Waals surface area contributed by atoms with Gasteiger partial charge >= 0.3 is 0 Å². The van der Waals surface area contributed by atoms with Crippen molar-refractivity contribution in [1.82, 2.24) is 14.5 Å². The molecule has 4 rings (SSSR count). The molecule has 4 nitrogen and oxygen atoms in total. The minimum Gasteiger partial charge on any atom is -0.337 e. The maximum atomic E-state index is 12.5. The van der Waals surface area contributed by atoms with Crippen LogP contribution < -0.4 is 0 Å². The van der Waals surface area contributed by atoms with Crippen LogP contribution in [0.25, 0.3) is 17.1 Å². The molecule has 1 fully saturated rings. The third-order valence-corrected chi connectivity index (χ3v) is 4.89. The van der Waals surface area contributed by atoms with Crippen molar-refractivity contribution in [1.29, 1.82) is 0 Å². The molecular formula is C20H18ClN3O. The van der Waals surface area contributed by atoms with Crippen molar-refractivity contribution in [2.24, 2.45) is 0 Å². The van der Waals surface area contributed by atoms with Gasteiger partial charge in [-0.15, -0.1) is 0 Å². The highest BCUT2D eigenvalue weighted by Gasteiger charge is 2.27. The van der Waals surface area contributed by atoms with Crippen molar-refractivity contribution in [3.8, 4) is 0 Å². The van der Waals surface area contributed by atoms with E-state index in [1.54, 1.807) is 6.08 Å². The Kier molecular flexibility index (Phi) is 4.28. The largest absolute Gasteiger partial charge is 0.337 e. The Morgan fingerprint density at radius 3 is 2.80 bits per heavy atom. The van der Waals surface area contributed by atoms with Crippen LogP contribution in [-0.4, -0.2) is 33.4 Å². The number of carbonyl (C=O) groups is 1. The molecule has 1 saturated heterocycles. The van der Waals surface area contributed by atoms with Crippen LogP contribution in [-0.2, 0) is 4.79 Å². The molecule has 1 aliphatic heterocycles. The number of para-hydroxylation sites is 2. The Morgan fingerprint density at radius 2 is 1.96 bits per heavy atom. The van der Waals surface area contributed by atoms with Gasteiger partial charge in [0.25, 0.3) is 0 Å². The minimum absolute atomic E-state index is 0.0434. The normalized spacial score (nSPS) is 17.6. The van der Waals surface area contributed by atoms with Gasteiger partial charge in [-0.25, -0.2) is 4.98 Å². The van der Waals surface area contributed by atoms with Gasteiger partial charge in [-0.1, -0.05) is 35.9 Å². The molecule has 2 heterocycles. The zero-order chi connectivity index (χ0) is 17.2. The predicted molar refractivity (Wildman–Crippen MR) is 100 cm³/mol. The molecule has 1 amide bonds. The summed E-state index contributed by atoms with van der Waals surface area (Å²) >= 11 is 5.88. The molecule has 1 aliphatic rings. The molecule has 126 valence electrons. The van der Waals surface area contributed by atoms with Crippen LogP contribution in [0.4, 0.5) is 0 Å². The lowest BCUT2D eigenvalue weighted by Gasteiger charge is -2.16. The second-order valence-corrected chi connectivity index (χ2v) is 6.69. The number of hydrogen-bond donors (Lipinski definition) is 0. The molecule has 1 aromatic heterocycles. The van der Waals surface area contributed by atoms with E-state index in [1.165, 1.54) is 0 Å². The summed E-state index contributed by atoms with van der Waals surface area (Å²) in [6.07, 6.45) is 6.30. The topological polar surface area (TPSA) is 38.1 Å². The number of amides is 1. The van der Waals surface area contributed by atoms with Gasteiger partial charge in [-0.2, -0.15) is 0 Å². The minimum atomic E-state index is 0.0434. The van der Waals surface area contributed by atoms with Gasteiger partial charge in [-0.05, 0) is 42.3 Å². The molecule has 5 heteroatoms. The average molecular weight is 352 g/mol. The molecule has 0 radical (unpaired) electrons. The highest BCUT2D eigenvalue weighted by atomic mass is 35.5. The molecule has 0 bridgehead atoms. The number of benzene rings is 2. The zero-order valence-electron chi connectivity index (χ0n) is 13.7. The molecule has 0 saturated carbocycles. The summed E-state index contributed by atoms with van der Waals surface area (Å²) in [6.45, 7) is 1.48.